The van der Waals surface area contributed by atoms with Crippen LogP contribution in [0.25, 0.3) is 11.3 Å². The monoisotopic (exact) mass is 295 g/mol. The molecule has 1 saturated heterocycles. The zero-order valence-electron chi connectivity index (χ0n) is 13.1. The molecule has 1 aromatic carbocycles. The summed E-state index contributed by atoms with van der Waals surface area (Å²) >= 11 is 0. The number of H-pyrrole nitrogens is 1. The molecule has 0 unspecified atom stereocenters. The molecule has 1 aromatic heterocycles. The van der Waals surface area contributed by atoms with Crippen molar-refractivity contribution in [3.63, 3.8) is 0 Å². The van der Waals surface area contributed by atoms with Crippen LogP contribution in [0.1, 0.15) is 35.6 Å². The van der Waals surface area contributed by atoms with Gasteiger partial charge in [0.25, 0.3) is 0 Å². The summed E-state index contributed by atoms with van der Waals surface area (Å²) in [5.41, 5.74) is 6.49. The Hall–Kier alpha value is -2.10. The Labute approximate surface area is 130 Å². The third-order valence-corrected chi connectivity index (χ3v) is 5.50. The van der Waals surface area contributed by atoms with Gasteiger partial charge in [-0.1, -0.05) is 18.2 Å². The number of nitrogens with zero attached hydrogens (tertiary/aromatic N) is 2. The number of hydrogen-bond acceptors (Lipinski definition) is 2. The maximum Gasteiger partial charge on any atom is 0.209 e. The summed E-state index contributed by atoms with van der Waals surface area (Å²) in [6.07, 6.45) is 3.31. The quantitative estimate of drug-likeness (QED) is 0.885. The van der Waals surface area contributed by atoms with Crippen molar-refractivity contribution in [1.82, 2.24) is 15.1 Å². The lowest BCUT2D eigenvalue weighted by Crippen LogP contribution is -2.61. The molecular formula is C18H21N3O. The Morgan fingerprint density at radius 1 is 1.32 bits per heavy atom. The number of nitrogens with one attached hydrogen (secondary N) is 1. The van der Waals surface area contributed by atoms with Gasteiger partial charge in [-0.25, -0.2) is 0 Å². The van der Waals surface area contributed by atoms with Gasteiger partial charge in [0.15, 0.2) is 0 Å². The van der Waals surface area contributed by atoms with Crippen molar-refractivity contribution in [1.29, 1.82) is 0 Å². The van der Waals surface area contributed by atoms with E-state index in [0.29, 0.717) is 11.3 Å². The van der Waals surface area contributed by atoms with Gasteiger partial charge in [0.1, 0.15) is 0 Å². The van der Waals surface area contributed by atoms with E-state index in [4.69, 9.17) is 0 Å². The number of rotatable bonds is 3. The van der Waals surface area contributed by atoms with Crippen molar-refractivity contribution < 1.29 is 4.79 Å². The average Bonchev–Trinajstić information content (AvgIpc) is 2.88. The molecule has 114 valence electrons. The third-order valence-electron chi connectivity index (χ3n) is 5.50. The molecule has 1 spiro atoms. The lowest BCUT2D eigenvalue weighted by Gasteiger charge is -2.57. The largest absolute Gasteiger partial charge is 0.344 e. The van der Waals surface area contributed by atoms with E-state index >= 15 is 0 Å². The van der Waals surface area contributed by atoms with E-state index in [2.05, 4.69) is 48.3 Å². The van der Waals surface area contributed by atoms with Crippen LogP contribution in [0.5, 0.6) is 0 Å². The Morgan fingerprint density at radius 2 is 2.09 bits per heavy atom. The summed E-state index contributed by atoms with van der Waals surface area (Å²) < 4.78 is 0. The number of hydrogen-bond donors (Lipinski definition) is 1. The summed E-state index contributed by atoms with van der Waals surface area (Å²) in [5.74, 6) is 0.570. The first-order valence-corrected chi connectivity index (χ1v) is 7.91. The number of likely N-dealkylation sites (tertiary alicyclic amines) is 1. The van der Waals surface area contributed by atoms with Gasteiger partial charge in [-0.15, -0.1) is 0 Å². The van der Waals surface area contributed by atoms with E-state index in [-0.39, 0.29) is 0 Å². The van der Waals surface area contributed by atoms with Crippen LogP contribution in [-0.2, 0) is 4.79 Å². The fourth-order valence-electron chi connectivity index (χ4n) is 4.07. The van der Waals surface area contributed by atoms with Crippen LogP contribution < -0.4 is 0 Å². The first kappa shape index (κ1) is 13.6. The lowest BCUT2D eigenvalue weighted by atomic mass is 9.57. The maximum atomic E-state index is 10.7. The minimum atomic E-state index is 0.399. The van der Waals surface area contributed by atoms with E-state index in [1.54, 1.807) is 0 Å². The van der Waals surface area contributed by atoms with Gasteiger partial charge in [0.2, 0.25) is 6.41 Å². The molecular weight excluding hydrogens is 274 g/mol. The zero-order chi connectivity index (χ0) is 15.3. The second-order valence-corrected chi connectivity index (χ2v) is 7.07. The van der Waals surface area contributed by atoms with Gasteiger partial charge in [0, 0.05) is 35.7 Å². The Kier molecular flexibility index (Phi) is 2.90. The molecule has 1 aliphatic heterocycles. The molecule has 4 rings (SSSR count). The van der Waals surface area contributed by atoms with Gasteiger partial charge in [-0.3, -0.25) is 9.89 Å². The van der Waals surface area contributed by atoms with Crippen molar-refractivity contribution in [2.75, 3.05) is 13.1 Å². The number of aromatic nitrogens is 2. The van der Waals surface area contributed by atoms with Crippen molar-refractivity contribution in [2.24, 2.45) is 5.41 Å². The highest BCUT2D eigenvalue weighted by Gasteiger charge is 2.52. The van der Waals surface area contributed by atoms with E-state index in [0.717, 1.165) is 25.2 Å². The van der Waals surface area contributed by atoms with Gasteiger partial charge >= 0.3 is 0 Å². The highest BCUT2D eigenvalue weighted by atomic mass is 16.1. The number of benzene rings is 1. The Bertz CT molecular complexity index is 720. The second-order valence-electron chi connectivity index (χ2n) is 7.07. The normalized spacial score (nSPS) is 19.8. The summed E-state index contributed by atoms with van der Waals surface area (Å²) in [4.78, 5) is 12.6. The summed E-state index contributed by atoms with van der Waals surface area (Å²) in [7, 11) is 0. The van der Waals surface area contributed by atoms with Gasteiger partial charge < -0.3 is 4.90 Å². The van der Waals surface area contributed by atoms with Crippen molar-refractivity contribution in [2.45, 2.75) is 32.6 Å². The predicted molar refractivity (Wildman–Crippen MR) is 85.5 cm³/mol. The molecule has 2 fully saturated rings. The van der Waals surface area contributed by atoms with Crippen LogP contribution in [0.3, 0.4) is 0 Å². The molecule has 1 N–H and O–H groups in total. The van der Waals surface area contributed by atoms with Crippen molar-refractivity contribution >= 4 is 6.41 Å². The van der Waals surface area contributed by atoms with Crippen LogP contribution in [0.15, 0.2) is 24.3 Å². The molecule has 22 heavy (non-hydrogen) atoms. The lowest BCUT2D eigenvalue weighted by molar-refractivity contribution is -0.137. The molecule has 4 heteroatoms. The first-order valence-electron chi connectivity index (χ1n) is 7.91. The summed E-state index contributed by atoms with van der Waals surface area (Å²) in [5, 5.41) is 7.75. The van der Waals surface area contributed by atoms with Crippen LogP contribution in [0.2, 0.25) is 0 Å². The van der Waals surface area contributed by atoms with Crippen LogP contribution in [0.4, 0.5) is 0 Å². The number of carbonyl (C=O) groups excluding carboxylic acids is 1. The fourth-order valence-corrected chi connectivity index (χ4v) is 4.07. The number of carbonyl (C=O) groups is 1. The highest BCUT2D eigenvalue weighted by Crippen LogP contribution is 2.55. The maximum absolute atomic E-state index is 10.7. The average molecular weight is 295 g/mol. The van der Waals surface area contributed by atoms with Gasteiger partial charge in [0.05, 0.1) is 5.69 Å². The van der Waals surface area contributed by atoms with Crippen molar-refractivity contribution in [3.8, 4) is 11.3 Å². The van der Waals surface area contributed by atoms with Crippen LogP contribution in [-0.4, -0.2) is 34.6 Å². The van der Waals surface area contributed by atoms with Crippen LogP contribution in [0, 0.1) is 19.3 Å². The molecule has 2 aromatic rings. The second kappa shape index (κ2) is 4.70. The molecule has 1 saturated carbocycles. The molecule has 0 radical (unpaired) electrons. The number of amides is 1. The minimum Gasteiger partial charge on any atom is -0.344 e. The number of aromatic amines is 1. The van der Waals surface area contributed by atoms with E-state index in [9.17, 15) is 4.79 Å². The third kappa shape index (κ3) is 1.97. The molecule has 0 atom stereocenters. The highest BCUT2D eigenvalue weighted by molar-refractivity contribution is 5.65. The molecule has 2 heterocycles. The zero-order valence-corrected chi connectivity index (χ0v) is 13.1. The van der Waals surface area contributed by atoms with Gasteiger partial charge in [-0.2, -0.15) is 5.10 Å². The number of aryl methyl sites for hydroxylation is 1. The smallest absolute Gasteiger partial charge is 0.209 e. The minimum absolute atomic E-state index is 0.399. The summed E-state index contributed by atoms with van der Waals surface area (Å²) in [6.45, 7) is 6.16. The SMILES string of the molecule is Cc1cccc(-c2cc(C3CC4(C3)CN(C=O)C4)[nH]n2)c1C. The van der Waals surface area contributed by atoms with E-state index in [1.807, 2.05) is 4.90 Å². The van der Waals surface area contributed by atoms with Crippen molar-refractivity contribution in [3.05, 3.63) is 41.1 Å². The predicted octanol–water partition coefficient (Wildman–Crippen LogP) is 3.03. The Morgan fingerprint density at radius 3 is 2.82 bits per heavy atom. The van der Waals surface area contributed by atoms with Crippen LogP contribution >= 0.6 is 0 Å². The molecule has 4 nitrogen and oxygen atoms in total. The van der Waals surface area contributed by atoms with E-state index < -0.39 is 0 Å². The molecule has 1 amide bonds. The van der Waals surface area contributed by atoms with E-state index in [1.165, 1.54) is 35.2 Å². The summed E-state index contributed by atoms with van der Waals surface area (Å²) in [6, 6.07) is 8.57. The first-order chi connectivity index (χ1) is 10.6. The molecule has 2 aliphatic rings. The standard InChI is InChI=1S/C18H21N3O/c1-12-4-3-5-15(13(12)2)17-6-16(19-20-17)14-7-18(8-14)9-21(10-18)11-22/h3-6,11,14H,7-10H2,1-2H3,(H,19,20). The topological polar surface area (TPSA) is 49.0 Å². The molecule has 1 aliphatic carbocycles. The Balaban J connectivity index is 1.49. The molecule has 0 bridgehead atoms. The fraction of sp³-hybridized carbons (Fsp3) is 0.444. The van der Waals surface area contributed by atoms with Gasteiger partial charge in [-0.05, 0) is 43.9 Å².